The summed E-state index contributed by atoms with van der Waals surface area (Å²) in [6.07, 6.45) is 1.57. The first-order valence-corrected chi connectivity index (χ1v) is 8.95. The molecule has 5 heteroatoms. The Morgan fingerprint density at radius 3 is 2.71 bits per heavy atom. The summed E-state index contributed by atoms with van der Waals surface area (Å²) >= 11 is 0. The first-order valence-electron chi connectivity index (χ1n) is 8.95. The van der Waals surface area contributed by atoms with E-state index in [9.17, 15) is 4.39 Å². The van der Waals surface area contributed by atoms with Crippen LogP contribution in [0.1, 0.15) is 30.6 Å². The molecule has 4 nitrogen and oxygen atoms in total. The molecule has 0 aromatic heterocycles. The van der Waals surface area contributed by atoms with Gasteiger partial charge < -0.3 is 15.8 Å². The number of ether oxygens (including phenoxy) is 1. The van der Waals surface area contributed by atoms with Gasteiger partial charge in [0.25, 0.3) is 0 Å². The van der Waals surface area contributed by atoms with Crippen molar-refractivity contribution < 1.29 is 9.13 Å². The topological polar surface area (TPSA) is 50.5 Å². The smallest absolute Gasteiger partial charge is 0.123 e. The summed E-state index contributed by atoms with van der Waals surface area (Å²) in [4.78, 5) is 2.49. The molecule has 3 aliphatic heterocycles. The second-order valence-corrected chi connectivity index (χ2v) is 7.22. The molecule has 1 aromatic carbocycles. The highest BCUT2D eigenvalue weighted by Gasteiger charge is 2.37. The van der Waals surface area contributed by atoms with Crippen LogP contribution in [0.3, 0.4) is 0 Å². The molecule has 0 amide bonds. The third kappa shape index (κ3) is 2.90. The molecule has 0 saturated carbocycles. The number of benzene rings is 1. The summed E-state index contributed by atoms with van der Waals surface area (Å²) < 4.78 is 19.9. The predicted molar refractivity (Wildman–Crippen MR) is 92.3 cm³/mol. The Balaban J connectivity index is 1.45. The Morgan fingerprint density at radius 2 is 2.04 bits per heavy atom. The van der Waals surface area contributed by atoms with Crippen LogP contribution in [0.15, 0.2) is 29.3 Å². The van der Waals surface area contributed by atoms with Crippen LogP contribution in [0.25, 0.3) is 0 Å². The van der Waals surface area contributed by atoms with E-state index in [1.54, 1.807) is 17.2 Å². The third-order valence-electron chi connectivity index (χ3n) is 5.68. The Hall–Kier alpha value is -1.27. The zero-order chi connectivity index (χ0) is 16.7. The van der Waals surface area contributed by atoms with Crippen molar-refractivity contribution in [3.05, 3.63) is 46.3 Å². The van der Waals surface area contributed by atoms with Crippen molar-refractivity contribution in [1.29, 1.82) is 0 Å². The molecule has 3 aliphatic rings. The molecule has 0 bridgehead atoms. The highest BCUT2D eigenvalue weighted by atomic mass is 19.1. The highest BCUT2D eigenvalue weighted by Crippen LogP contribution is 2.34. The lowest BCUT2D eigenvalue weighted by Gasteiger charge is -2.39. The molecule has 0 radical (unpaired) electrons. The molecular formula is C19H26FN3O. The quantitative estimate of drug-likeness (QED) is 0.829. The molecule has 130 valence electrons. The lowest BCUT2D eigenvalue weighted by Crippen LogP contribution is -2.49. The predicted octanol–water partition coefficient (Wildman–Crippen LogP) is 1.76. The van der Waals surface area contributed by atoms with Crippen LogP contribution in [0.4, 0.5) is 4.39 Å². The Kier molecular flexibility index (Phi) is 4.43. The maximum atomic E-state index is 13.7. The summed E-state index contributed by atoms with van der Waals surface area (Å²) in [5.74, 6) is -0.215. The van der Waals surface area contributed by atoms with Gasteiger partial charge in [-0.15, -0.1) is 0 Å². The third-order valence-corrected chi connectivity index (χ3v) is 5.68. The van der Waals surface area contributed by atoms with E-state index in [2.05, 4.69) is 17.1 Å². The molecule has 3 atom stereocenters. The van der Waals surface area contributed by atoms with E-state index in [0.717, 1.165) is 50.1 Å². The highest BCUT2D eigenvalue weighted by molar-refractivity contribution is 5.32. The van der Waals surface area contributed by atoms with Crippen LogP contribution in [0.5, 0.6) is 0 Å². The van der Waals surface area contributed by atoms with Gasteiger partial charge in [0.15, 0.2) is 0 Å². The molecule has 0 aliphatic carbocycles. The summed E-state index contributed by atoms with van der Waals surface area (Å²) in [5.41, 5.74) is 11.6. The molecule has 3 unspecified atom stereocenters. The lowest BCUT2D eigenvalue weighted by atomic mass is 9.90. The van der Waals surface area contributed by atoms with Crippen molar-refractivity contribution in [2.24, 2.45) is 5.73 Å². The zero-order valence-corrected chi connectivity index (χ0v) is 14.2. The standard InChI is InChI=1S/C19H26FN3O/c1-2-12-3-4-15(20)5-17(12)19-18(21)6-16(11-24-19)23-9-13-7-22-8-14(13)10-23/h3-5,16,18-19,22H,2,6-11,21H2,1H3. The van der Waals surface area contributed by atoms with Gasteiger partial charge in [0.1, 0.15) is 5.82 Å². The van der Waals surface area contributed by atoms with E-state index in [0.29, 0.717) is 12.6 Å². The first-order chi connectivity index (χ1) is 11.7. The van der Waals surface area contributed by atoms with Crippen molar-refractivity contribution in [2.75, 3.05) is 32.8 Å². The Labute approximate surface area is 142 Å². The van der Waals surface area contributed by atoms with Crippen molar-refractivity contribution in [2.45, 2.75) is 38.0 Å². The van der Waals surface area contributed by atoms with E-state index in [-0.39, 0.29) is 18.0 Å². The fourth-order valence-corrected chi connectivity index (χ4v) is 4.33. The summed E-state index contributed by atoms with van der Waals surface area (Å²) in [5, 5.41) is 3.41. The Morgan fingerprint density at radius 1 is 1.29 bits per heavy atom. The van der Waals surface area contributed by atoms with Crippen LogP contribution in [0, 0.1) is 5.82 Å². The lowest BCUT2D eigenvalue weighted by molar-refractivity contribution is -0.0455. The first kappa shape index (κ1) is 16.2. The Bertz CT molecular complexity index is 644. The minimum absolute atomic E-state index is 0.0931. The van der Waals surface area contributed by atoms with Crippen molar-refractivity contribution in [1.82, 2.24) is 10.2 Å². The molecule has 4 rings (SSSR count). The summed E-state index contributed by atoms with van der Waals surface area (Å²) in [6, 6.07) is 5.24. The molecule has 1 aromatic rings. The molecule has 1 saturated heterocycles. The van der Waals surface area contributed by atoms with Gasteiger partial charge in [-0.2, -0.15) is 0 Å². The van der Waals surface area contributed by atoms with E-state index >= 15 is 0 Å². The van der Waals surface area contributed by atoms with Gasteiger partial charge in [0.2, 0.25) is 0 Å². The molecule has 3 heterocycles. The van der Waals surface area contributed by atoms with Crippen LogP contribution < -0.4 is 11.1 Å². The second-order valence-electron chi connectivity index (χ2n) is 7.22. The maximum Gasteiger partial charge on any atom is 0.123 e. The number of hydrogen-bond donors (Lipinski definition) is 2. The SMILES string of the molecule is CCc1ccc(F)cc1C1OCC(N2CC3=C(CNC3)C2)CC1N. The number of hydrogen-bond acceptors (Lipinski definition) is 4. The molecule has 24 heavy (non-hydrogen) atoms. The minimum atomic E-state index is -0.215. The molecule has 3 N–H and O–H groups in total. The van der Waals surface area contributed by atoms with Crippen molar-refractivity contribution in [3.63, 3.8) is 0 Å². The molecular weight excluding hydrogens is 305 g/mol. The fourth-order valence-electron chi connectivity index (χ4n) is 4.33. The van der Waals surface area contributed by atoms with Gasteiger partial charge in [-0.1, -0.05) is 13.0 Å². The van der Waals surface area contributed by atoms with Gasteiger partial charge in [0, 0.05) is 38.3 Å². The van der Waals surface area contributed by atoms with Gasteiger partial charge in [-0.25, -0.2) is 4.39 Å². The van der Waals surface area contributed by atoms with Crippen molar-refractivity contribution in [3.8, 4) is 0 Å². The fraction of sp³-hybridized carbons (Fsp3) is 0.579. The number of rotatable bonds is 3. The van der Waals surface area contributed by atoms with Gasteiger partial charge in [-0.05, 0) is 47.2 Å². The van der Waals surface area contributed by atoms with Crippen LogP contribution in [0.2, 0.25) is 0 Å². The average molecular weight is 331 g/mol. The van der Waals surface area contributed by atoms with Crippen LogP contribution in [-0.2, 0) is 11.2 Å². The van der Waals surface area contributed by atoms with Gasteiger partial charge in [-0.3, -0.25) is 4.90 Å². The molecule has 1 fully saturated rings. The number of halogens is 1. The van der Waals surface area contributed by atoms with Crippen molar-refractivity contribution >= 4 is 0 Å². The van der Waals surface area contributed by atoms with Crippen LogP contribution in [-0.4, -0.2) is 49.8 Å². The normalized spacial score (nSPS) is 30.9. The number of aryl methyl sites for hydroxylation is 1. The number of nitrogens with two attached hydrogens (primary N) is 1. The summed E-state index contributed by atoms with van der Waals surface area (Å²) in [6.45, 7) is 6.88. The summed E-state index contributed by atoms with van der Waals surface area (Å²) in [7, 11) is 0. The molecule has 0 spiro atoms. The monoisotopic (exact) mass is 331 g/mol. The number of nitrogens with one attached hydrogen (secondary N) is 1. The van der Waals surface area contributed by atoms with E-state index in [1.807, 2.05) is 6.07 Å². The maximum absolute atomic E-state index is 13.7. The van der Waals surface area contributed by atoms with Crippen LogP contribution >= 0.6 is 0 Å². The van der Waals surface area contributed by atoms with E-state index in [4.69, 9.17) is 10.5 Å². The minimum Gasteiger partial charge on any atom is -0.370 e. The van der Waals surface area contributed by atoms with Gasteiger partial charge >= 0.3 is 0 Å². The van der Waals surface area contributed by atoms with E-state index in [1.165, 1.54) is 6.07 Å². The zero-order valence-electron chi connectivity index (χ0n) is 14.2. The largest absolute Gasteiger partial charge is 0.370 e. The van der Waals surface area contributed by atoms with Gasteiger partial charge in [0.05, 0.1) is 12.7 Å². The second kappa shape index (κ2) is 6.56. The number of nitrogens with zero attached hydrogens (tertiary/aromatic N) is 1. The van der Waals surface area contributed by atoms with E-state index < -0.39 is 0 Å². The average Bonchev–Trinajstić information content (AvgIpc) is 3.16.